The summed E-state index contributed by atoms with van der Waals surface area (Å²) in [6, 6.07) is 3.43. The molecule has 9 nitrogen and oxygen atoms in total. The SMILES string of the molecule is Cn1cnc(CNc2ccc3n[nH]c(=O)n3n2)n1. The van der Waals surface area contributed by atoms with Gasteiger partial charge in [0, 0.05) is 7.05 Å². The molecule has 0 aliphatic carbocycles. The fourth-order valence-electron chi connectivity index (χ4n) is 1.53. The number of fused-ring (bicyclic) bond motifs is 1. The number of hydrogen-bond donors (Lipinski definition) is 2. The average molecular weight is 246 g/mol. The maximum Gasteiger partial charge on any atom is 0.364 e. The van der Waals surface area contributed by atoms with E-state index in [1.54, 1.807) is 30.2 Å². The van der Waals surface area contributed by atoms with Crippen molar-refractivity contribution in [3.8, 4) is 0 Å². The van der Waals surface area contributed by atoms with E-state index in [1.165, 1.54) is 4.52 Å². The summed E-state index contributed by atoms with van der Waals surface area (Å²) in [5.74, 6) is 1.21. The van der Waals surface area contributed by atoms with E-state index in [1.807, 2.05) is 0 Å². The molecule has 18 heavy (non-hydrogen) atoms. The number of aryl methyl sites for hydroxylation is 1. The summed E-state index contributed by atoms with van der Waals surface area (Å²) < 4.78 is 2.81. The zero-order chi connectivity index (χ0) is 12.5. The molecule has 0 amide bonds. The van der Waals surface area contributed by atoms with Crippen LogP contribution in [0.3, 0.4) is 0 Å². The standard InChI is InChI=1S/C9H10N8O/c1-16-5-11-7(14-16)4-10-6-2-3-8-12-13-9(18)17(8)15-6/h2-3,5H,4H2,1H3,(H,10,15)(H,13,18). The number of aromatic amines is 1. The highest BCUT2D eigenvalue weighted by molar-refractivity contribution is 5.42. The Hall–Kier alpha value is -2.71. The van der Waals surface area contributed by atoms with Crippen LogP contribution in [0.5, 0.6) is 0 Å². The third-order valence-electron chi connectivity index (χ3n) is 2.35. The van der Waals surface area contributed by atoms with Crippen LogP contribution in [0.1, 0.15) is 5.82 Å². The van der Waals surface area contributed by atoms with Crippen molar-refractivity contribution in [3.63, 3.8) is 0 Å². The lowest BCUT2D eigenvalue weighted by atomic mass is 10.5. The van der Waals surface area contributed by atoms with E-state index >= 15 is 0 Å². The first-order chi connectivity index (χ1) is 8.72. The molecule has 0 atom stereocenters. The Bertz CT molecular complexity index is 738. The van der Waals surface area contributed by atoms with E-state index in [0.29, 0.717) is 23.8 Å². The quantitative estimate of drug-likeness (QED) is 0.624. The Morgan fingerprint density at radius 2 is 2.28 bits per heavy atom. The van der Waals surface area contributed by atoms with Gasteiger partial charge in [-0.25, -0.2) is 14.9 Å². The molecule has 0 fully saturated rings. The van der Waals surface area contributed by atoms with Crippen LogP contribution in [0.25, 0.3) is 5.65 Å². The van der Waals surface area contributed by atoms with Crippen LogP contribution in [0.2, 0.25) is 0 Å². The van der Waals surface area contributed by atoms with E-state index < -0.39 is 0 Å². The molecule has 0 unspecified atom stereocenters. The minimum Gasteiger partial charge on any atom is -0.361 e. The molecule has 3 aromatic rings. The highest BCUT2D eigenvalue weighted by atomic mass is 16.2. The molecule has 0 aliphatic rings. The number of hydrogen-bond acceptors (Lipinski definition) is 6. The second kappa shape index (κ2) is 3.95. The summed E-state index contributed by atoms with van der Waals surface area (Å²) in [4.78, 5) is 15.4. The lowest BCUT2D eigenvalue weighted by Gasteiger charge is -2.01. The van der Waals surface area contributed by atoms with Gasteiger partial charge in [0.15, 0.2) is 11.5 Å². The van der Waals surface area contributed by atoms with Crippen LogP contribution >= 0.6 is 0 Å². The lowest BCUT2D eigenvalue weighted by Crippen LogP contribution is -2.14. The van der Waals surface area contributed by atoms with Crippen LogP contribution < -0.4 is 11.0 Å². The van der Waals surface area contributed by atoms with E-state index in [0.717, 1.165) is 0 Å². The van der Waals surface area contributed by atoms with Crippen molar-refractivity contribution in [2.24, 2.45) is 7.05 Å². The van der Waals surface area contributed by atoms with Gasteiger partial charge in [0.1, 0.15) is 12.1 Å². The first-order valence-electron chi connectivity index (χ1n) is 5.25. The van der Waals surface area contributed by atoms with E-state index in [4.69, 9.17) is 0 Å². The first-order valence-corrected chi connectivity index (χ1v) is 5.25. The largest absolute Gasteiger partial charge is 0.364 e. The Morgan fingerprint density at radius 3 is 3.06 bits per heavy atom. The molecule has 0 spiro atoms. The molecule has 0 aromatic carbocycles. The summed E-state index contributed by atoms with van der Waals surface area (Å²) in [5.41, 5.74) is 0.103. The first kappa shape index (κ1) is 10.4. The van der Waals surface area contributed by atoms with Crippen molar-refractivity contribution in [1.82, 2.24) is 34.6 Å². The van der Waals surface area contributed by atoms with E-state index in [-0.39, 0.29) is 5.69 Å². The Morgan fingerprint density at radius 1 is 1.39 bits per heavy atom. The second-order valence-electron chi connectivity index (χ2n) is 3.71. The zero-order valence-corrected chi connectivity index (χ0v) is 9.53. The summed E-state index contributed by atoms with van der Waals surface area (Å²) in [6.45, 7) is 0.436. The molecule has 92 valence electrons. The maximum atomic E-state index is 11.3. The van der Waals surface area contributed by atoms with Crippen LogP contribution in [-0.2, 0) is 13.6 Å². The van der Waals surface area contributed by atoms with Gasteiger partial charge in [-0.15, -0.1) is 5.10 Å². The van der Waals surface area contributed by atoms with Gasteiger partial charge in [0.2, 0.25) is 0 Å². The van der Waals surface area contributed by atoms with Gasteiger partial charge in [-0.2, -0.15) is 14.7 Å². The monoisotopic (exact) mass is 246 g/mol. The van der Waals surface area contributed by atoms with Gasteiger partial charge in [-0.1, -0.05) is 0 Å². The number of H-pyrrole nitrogens is 1. The van der Waals surface area contributed by atoms with Crippen LogP contribution in [0.15, 0.2) is 23.3 Å². The minimum absolute atomic E-state index is 0.371. The second-order valence-corrected chi connectivity index (χ2v) is 3.71. The van der Waals surface area contributed by atoms with Gasteiger partial charge in [0.05, 0.1) is 6.54 Å². The molecular formula is C9H10N8O. The van der Waals surface area contributed by atoms with Crippen molar-refractivity contribution in [2.45, 2.75) is 6.54 Å². The van der Waals surface area contributed by atoms with Gasteiger partial charge in [0.25, 0.3) is 0 Å². The van der Waals surface area contributed by atoms with Crippen LogP contribution in [-0.4, -0.2) is 34.6 Å². The van der Waals surface area contributed by atoms with Crippen LogP contribution in [0, 0.1) is 0 Å². The Kier molecular flexibility index (Phi) is 2.29. The molecule has 0 radical (unpaired) electrons. The minimum atomic E-state index is -0.371. The summed E-state index contributed by atoms with van der Waals surface area (Å²) >= 11 is 0. The molecule has 0 saturated carbocycles. The average Bonchev–Trinajstić information content (AvgIpc) is 2.94. The van der Waals surface area contributed by atoms with Crippen molar-refractivity contribution in [3.05, 3.63) is 34.8 Å². The smallest absolute Gasteiger partial charge is 0.361 e. The number of rotatable bonds is 3. The fraction of sp³-hybridized carbons (Fsp3) is 0.222. The highest BCUT2D eigenvalue weighted by Gasteiger charge is 2.03. The summed E-state index contributed by atoms with van der Waals surface area (Å²) in [5, 5.41) is 17.4. The third kappa shape index (κ3) is 1.81. The lowest BCUT2D eigenvalue weighted by molar-refractivity contribution is 0.746. The highest BCUT2D eigenvalue weighted by Crippen LogP contribution is 2.03. The summed E-state index contributed by atoms with van der Waals surface area (Å²) in [6.07, 6.45) is 1.62. The predicted octanol–water partition coefficient (Wildman–Crippen LogP) is -0.842. The van der Waals surface area contributed by atoms with E-state index in [2.05, 4.69) is 30.7 Å². The zero-order valence-electron chi connectivity index (χ0n) is 9.53. The molecule has 9 heteroatoms. The Labute approximate surface area is 100 Å². The number of anilines is 1. The fourth-order valence-corrected chi connectivity index (χ4v) is 1.53. The molecule has 0 saturated heterocycles. The topological polar surface area (TPSA) is 106 Å². The molecule has 0 bridgehead atoms. The molecule has 2 N–H and O–H groups in total. The maximum absolute atomic E-state index is 11.3. The predicted molar refractivity (Wildman–Crippen MR) is 61.9 cm³/mol. The van der Waals surface area contributed by atoms with Crippen molar-refractivity contribution >= 4 is 11.5 Å². The number of aromatic nitrogens is 7. The third-order valence-corrected chi connectivity index (χ3v) is 2.35. The van der Waals surface area contributed by atoms with Gasteiger partial charge >= 0.3 is 5.69 Å². The molecule has 3 rings (SSSR count). The van der Waals surface area contributed by atoms with Gasteiger partial charge in [-0.3, -0.25) is 4.68 Å². The molecule has 3 aromatic heterocycles. The van der Waals surface area contributed by atoms with E-state index in [9.17, 15) is 4.79 Å². The molecule has 3 heterocycles. The van der Waals surface area contributed by atoms with Gasteiger partial charge < -0.3 is 5.32 Å². The van der Waals surface area contributed by atoms with Crippen molar-refractivity contribution in [2.75, 3.05) is 5.32 Å². The molecule has 0 aliphatic heterocycles. The summed E-state index contributed by atoms with van der Waals surface area (Å²) in [7, 11) is 1.80. The van der Waals surface area contributed by atoms with Crippen molar-refractivity contribution < 1.29 is 0 Å². The molecular weight excluding hydrogens is 236 g/mol. The normalized spacial score (nSPS) is 10.9. The Balaban J connectivity index is 1.82. The van der Waals surface area contributed by atoms with Gasteiger partial charge in [-0.05, 0) is 12.1 Å². The number of nitrogens with one attached hydrogen (secondary N) is 2. The number of nitrogens with zero attached hydrogens (tertiary/aromatic N) is 6. The van der Waals surface area contributed by atoms with Crippen molar-refractivity contribution in [1.29, 1.82) is 0 Å². The van der Waals surface area contributed by atoms with Crippen LogP contribution in [0.4, 0.5) is 5.82 Å².